The number of methoxy groups -OCH3 is 1. The van der Waals surface area contributed by atoms with Gasteiger partial charge in [0.15, 0.2) is 0 Å². The van der Waals surface area contributed by atoms with Gasteiger partial charge in [-0.3, -0.25) is 9.69 Å². The normalized spacial score (nSPS) is 16.0. The fourth-order valence-electron chi connectivity index (χ4n) is 4.19. The van der Waals surface area contributed by atoms with E-state index in [9.17, 15) is 14.3 Å². The van der Waals surface area contributed by atoms with E-state index >= 15 is 0 Å². The van der Waals surface area contributed by atoms with Crippen LogP contribution in [0.3, 0.4) is 0 Å². The number of morpholine rings is 1. The monoisotopic (exact) mass is 514 g/mol. The first kappa shape index (κ1) is 26.2. The van der Waals surface area contributed by atoms with Crippen LogP contribution in [-0.4, -0.2) is 67.5 Å². The number of nitrogens with zero attached hydrogens (tertiary/aromatic N) is 2. The van der Waals surface area contributed by atoms with Crippen molar-refractivity contribution in [2.24, 2.45) is 5.73 Å². The molecule has 8 nitrogen and oxygen atoms in total. The van der Waals surface area contributed by atoms with Crippen LogP contribution < -0.4 is 11.1 Å². The Labute approximate surface area is 213 Å². The van der Waals surface area contributed by atoms with Crippen molar-refractivity contribution in [3.8, 4) is 10.4 Å². The second kappa shape index (κ2) is 11.9. The highest BCUT2D eigenvalue weighted by Gasteiger charge is 2.24. The number of primary amides is 1. The SMILES string of the molecule is COCC(c1cccc(Nc2sc(-c3ccc(C(C)CO)cc3F)cc2C(N)=O)n1)N1CCOCC1. The number of ether oxygens (including phenoxy) is 2. The molecule has 4 rings (SSSR count). The van der Waals surface area contributed by atoms with Crippen molar-refractivity contribution in [1.29, 1.82) is 0 Å². The number of carbonyl (C=O) groups is 1. The molecule has 1 amide bonds. The third-order valence-corrected chi connectivity index (χ3v) is 7.35. The molecule has 1 aromatic carbocycles. The Balaban J connectivity index is 1.62. The summed E-state index contributed by atoms with van der Waals surface area (Å²) >= 11 is 1.23. The van der Waals surface area contributed by atoms with E-state index in [-0.39, 0.29) is 24.1 Å². The summed E-state index contributed by atoms with van der Waals surface area (Å²) in [4.78, 5) is 19.8. The number of anilines is 2. The zero-order valence-corrected chi connectivity index (χ0v) is 21.2. The molecular formula is C26H31FN4O4S. The van der Waals surface area contributed by atoms with Crippen molar-refractivity contribution in [1.82, 2.24) is 9.88 Å². The first-order valence-corrected chi connectivity index (χ1v) is 12.6. The average Bonchev–Trinajstić information content (AvgIpc) is 3.31. The molecule has 3 aromatic rings. The fourth-order valence-corrected chi connectivity index (χ4v) is 5.29. The van der Waals surface area contributed by atoms with Crippen molar-refractivity contribution in [2.75, 3.05) is 51.9 Å². The van der Waals surface area contributed by atoms with Crippen LogP contribution in [0.4, 0.5) is 15.2 Å². The number of carbonyl (C=O) groups excluding carboxylic acids is 1. The number of amides is 1. The molecule has 0 aliphatic carbocycles. The predicted molar refractivity (Wildman–Crippen MR) is 138 cm³/mol. The van der Waals surface area contributed by atoms with E-state index in [1.165, 1.54) is 17.4 Å². The summed E-state index contributed by atoms with van der Waals surface area (Å²) in [6.07, 6.45) is 0. The number of aliphatic hydroxyl groups excluding tert-OH is 1. The summed E-state index contributed by atoms with van der Waals surface area (Å²) in [5, 5.41) is 13.1. The number of nitrogens with one attached hydrogen (secondary N) is 1. The molecule has 4 N–H and O–H groups in total. The summed E-state index contributed by atoms with van der Waals surface area (Å²) in [5.74, 6) is -0.671. The van der Waals surface area contributed by atoms with E-state index in [4.69, 9.17) is 20.2 Å². The molecule has 3 heterocycles. The molecule has 2 atom stereocenters. The first-order valence-electron chi connectivity index (χ1n) is 11.8. The summed E-state index contributed by atoms with van der Waals surface area (Å²) < 4.78 is 25.9. The number of rotatable bonds is 10. The van der Waals surface area contributed by atoms with Crippen LogP contribution in [0.2, 0.25) is 0 Å². The molecule has 0 bridgehead atoms. The Kier molecular flexibility index (Phi) is 8.65. The molecule has 1 aliphatic rings. The minimum Gasteiger partial charge on any atom is -0.396 e. The quantitative estimate of drug-likeness (QED) is 0.376. The highest BCUT2D eigenvalue weighted by molar-refractivity contribution is 7.19. The van der Waals surface area contributed by atoms with Crippen LogP contribution in [0.1, 0.15) is 40.5 Å². The van der Waals surface area contributed by atoms with Gasteiger partial charge in [-0.25, -0.2) is 9.37 Å². The zero-order chi connectivity index (χ0) is 25.7. The van der Waals surface area contributed by atoms with Gasteiger partial charge in [0.05, 0.1) is 37.1 Å². The number of pyridine rings is 1. The van der Waals surface area contributed by atoms with Gasteiger partial charge >= 0.3 is 0 Å². The molecule has 1 saturated heterocycles. The lowest BCUT2D eigenvalue weighted by molar-refractivity contribution is -0.00492. The molecule has 0 saturated carbocycles. The third-order valence-electron chi connectivity index (χ3n) is 6.26. The molecular weight excluding hydrogens is 483 g/mol. The van der Waals surface area contributed by atoms with Gasteiger partial charge in [0.25, 0.3) is 5.91 Å². The van der Waals surface area contributed by atoms with Gasteiger partial charge in [0.1, 0.15) is 16.6 Å². The van der Waals surface area contributed by atoms with E-state index in [0.29, 0.717) is 46.6 Å². The van der Waals surface area contributed by atoms with Crippen LogP contribution >= 0.6 is 11.3 Å². The lowest BCUT2D eigenvalue weighted by Crippen LogP contribution is -2.41. The van der Waals surface area contributed by atoms with Crippen molar-refractivity contribution >= 4 is 28.1 Å². The largest absolute Gasteiger partial charge is 0.396 e. The minimum atomic E-state index is -0.618. The Hall–Kier alpha value is -2.89. The second-order valence-electron chi connectivity index (χ2n) is 8.73. The summed E-state index contributed by atoms with van der Waals surface area (Å²) in [6, 6.07) is 12.1. The molecule has 10 heteroatoms. The zero-order valence-electron chi connectivity index (χ0n) is 20.4. The van der Waals surface area contributed by atoms with Gasteiger partial charge in [-0.05, 0) is 29.8 Å². The highest BCUT2D eigenvalue weighted by atomic mass is 32.1. The molecule has 1 aliphatic heterocycles. The predicted octanol–water partition coefficient (Wildman–Crippen LogP) is 3.91. The highest BCUT2D eigenvalue weighted by Crippen LogP contribution is 2.38. The maximum Gasteiger partial charge on any atom is 0.251 e. The van der Waals surface area contributed by atoms with Gasteiger partial charge in [-0.2, -0.15) is 0 Å². The summed E-state index contributed by atoms with van der Waals surface area (Å²) in [7, 11) is 1.66. The van der Waals surface area contributed by atoms with Gasteiger partial charge in [0.2, 0.25) is 0 Å². The maximum atomic E-state index is 14.9. The van der Waals surface area contributed by atoms with E-state index < -0.39 is 11.7 Å². The smallest absolute Gasteiger partial charge is 0.251 e. The van der Waals surface area contributed by atoms with Crippen LogP contribution in [0.25, 0.3) is 10.4 Å². The maximum absolute atomic E-state index is 14.9. The van der Waals surface area contributed by atoms with Crippen molar-refractivity contribution in [3.63, 3.8) is 0 Å². The second-order valence-corrected chi connectivity index (χ2v) is 9.78. The average molecular weight is 515 g/mol. The Morgan fingerprint density at radius 3 is 2.75 bits per heavy atom. The molecule has 0 spiro atoms. The number of hydrogen-bond donors (Lipinski definition) is 3. The van der Waals surface area contributed by atoms with Gasteiger partial charge in [-0.1, -0.05) is 25.1 Å². The van der Waals surface area contributed by atoms with Gasteiger partial charge < -0.3 is 25.6 Å². The van der Waals surface area contributed by atoms with Crippen LogP contribution in [0.5, 0.6) is 0 Å². The van der Waals surface area contributed by atoms with E-state index in [1.54, 1.807) is 25.3 Å². The summed E-state index contributed by atoms with van der Waals surface area (Å²) in [6.45, 7) is 5.13. The van der Waals surface area contributed by atoms with Crippen molar-refractivity contribution < 1.29 is 23.8 Å². The number of aliphatic hydroxyl groups is 1. The van der Waals surface area contributed by atoms with Crippen LogP contribution in [0, 0.1) is 5.82 Å². The Morgan fingerprint density at radius 2 is 2.08 bits per heavy atom. The molecule has 0 radical (unpaired) electrons. The number of thiophene rings is 1. The number of hydrogen-bond acceptors (Lipinski definition) is 8. The molecule has 2 unspecified atom stereocenters. The lowest BCUT2D eigenvalue weighted by atomic mass is 9.99. The number of aromatic nitrogens is 1. The standard InChI is InChI=1S/C26H31FN4O4S/c1-16(14-32)17-6-7-18(20(27)12-17)23-13-19(25(28)33)26(36-23)30-24-5-3-4-21(29-24)22(15-34-2)31-8-10-35-11-9-31/h3-7,12-13,16,22,32H,8-11,14-15H2,1-2H3,(H2,28,33)(H,29,30). The van der Waals surface area contributed by atoms with Crippen LogP contribution in [-0.2, 0) is 9.47 Å². The first-order chi connectivity index (χ1) is 17.4. The number of nitrogens with two attached hydrogens (primary N) is 1. The number of halogens is 1. The van der Waals surface area contributed by atoms with Gasteiger partial charge in [-0.15, -0.1) is 11.3 Å². The van der Waals surface area contributed by atoms with E-state index in [2.05, 4.69) is 10.2 Å². The molecule has 36 heavy (non-hydrogen) atoms. The van der Waals surface area contributed by atoms with E-state index in [0.717, 1.165) is 18.8 Å². The third kappa shape index (κ3) is 5.91. The van der Waals surface area contributed by atoms with E-state index in [1.807, 2.05) is 25.1 Å². The van der Waals surface area contributed by atoms with Crippen LogP contribution in [0.15, 0.2) is 42.5 Å². The van der Waals surface area contributed by atoms with Gasteiger partial charge in [0, 0.05) is 43.2 Å². The topological polar surface area (TPSA) is 110 Å². The van der Waals surface area contributed by atoms with Crippen molar-refractivity contribution in [3.05, 3.63) is 65.1 Å². The Morgan fingerprint density at radius 1 is 1.31 bits per heavy atom. The van der Waals surface area contributed by atoms with Crippen molar-refractivity contribution in [2.45, 2.75) is 18.9 Å². The minimum absolute atomic E-state index is 0.0379. The summed E-state index contributed by atoms with van der Waals surface area (Å²) in [5.41, 5.74) is 7.80. The number of benzene rings is 1. The fraction of sp³-hybridized carbons (Fsp3) is 0.385. The molecule has 192 valence electrons. The molecule has 1 fully saturated rings. The lowest BCUT2D eigenvalue weighted by Gasteiger charge is -2.33. The Bertz CT molecular complexity index is 1200. The molecule has 2 aromatic heterocycles.